The molecule has 1 fully saturated rings. The van der Waals surface area contributed by atoms with Crippen molar-refractivity contribution < 1.29 is 9.47 Å². The van der Waals surface area contributed by atoms with E-state index in [0.29, 0.717) is 13.1 Å². The number of piperazine rings is 1. The third-order valence-corrected chi connectivity index (χ3v) is 4.23. The number of nitrogens with one attached hydrogen (secondary N) is 1. The van der Waals surface area contributed by atoms with Crippen LogP contribution in [0.15, 0.2) is 0 Å². The highest BCUT2D eigenvalue weighted by atomic mass is 16.5. The lowest BCUT2D eigenvalue weighted by molar-refractivity contribution is 0.0244. The quantitative estimate of drug-likeness (QED) is 0.370. The third kappa shape index (κ3) is 8.95. The molecule has 1 heterocycles. The smallest absolute Gasteiger partial charge is 0.0823 e. The topological polar surface area (TPSA) is 89.0 Å². The maximum absolute atomic E-state index is 5.75. The molecule has 2 atom stereocenters. The van der Waals surface area contributed by atoms with Crippen LogP contribution in [-0.2, 0) is 9.47 Å². The molecule has 0 bridgehead atoms. The van der Waals surface area contributed by atoms with Gasteiger partial charge in [-0.05, 0) is 13.8 Å². The van der Waals surface area contributed by atoms with Gasteiger partial charge in [0.15, 0.2) is 0 Å². The summed E-state index contributed by atoms with van der Waals surface area (Å²) in [7, 11) is 0. The van der Waals surface area contributed by atoms with Gasteiger partial charge in [-0.25, -0.2) is 0 Å². The Bertz CT molecular complexity index is 272. The minimum Gasteiger partial charge on any atom is -0.376 e. The molecule has 0 saturated carbocycles. The van der Waals surface area contributed by atoms with E-state index in [1.165, 1.54) is 0 Å². The summed E-state index contributed by atoms with van der Waals surface area (Å²) in [4.78, 5) is 4.95. The van der Waals surface area contributed by atoms with Gasteiger partial charge in [-0.2, -0.15) is 0 Å². The molecule has 2 unspecified atom stereocenters. The van der Waals surface area contributed by atoms with Gasteiger partial charge in [0.05, 0.1) is 12.2 Å². The Morgan fingerprint density at radius 2 is 1.48 bits per heavy atom. The largest absolute Gasteiger partial charge is 0.376 e. The average molecular weight is 332 g/mol. The third-order valence-electron chi connectivity index (χ3n) is 4.23. The number of nitrogens with zero attached hydrogens (tertiary/aromatic N) is 2. The van der Waals surface area contributed by atoms with Crippen LogP contribution in [0.4, 0.5) is 0 Å². The zero-order valence-corrected chi connectivity index (χ0v) is 15.0. The van der Waals surface area contributed by atoms with Crippen molar-refractivity contribution in [1.29, 1.82) is 0 Å². The maximum atomic E-state index is 5.75. The van der Waals surface area contributed by atoms with E-state index in [4.69, 9.17) is 20.9 Å². The monoisotopic (exact) mass is 331 g/mol. The van der Waals surface area contributed by atoms with Crippen molar-refractivity contribution in [2.24, 2.45) is 11.5 Å². The summed E-state index contributed by atoms with van der Waals surface area (Å²) < 4.78 is 11.2. The molecule has 0 aliphatic carbocycles. The maximum Gasteiger partial charge on any atom is 0.0823 e. The Balaban J connectivity index is 2.09. The zero-order valence-electron chi connectivity index (χ0n) is 15.0. The molecular weight excluding hydrogens is 294 g/mol. The van der Waals surface area contributed by atoms with Crippen LogP contribution in [0.2, 0.25) is 0 Å². The van der Waals surface area contributed by atoms with Gasteiger partial charge >= 0.3 is 0 Å². The lowest BCUT2D eigenvalue weighted by atomic mass is 10.2. The number of ether oxygens (including phenoxy) is 2. The van der Waals surface area contributed by atoms with E-state index in [9.17, 15) is 0 Å². The highest BCUT2D eigenvalue weighted by Gasteiger charge is 2.19. The normalized spacial score (nSPS) is 19.8. The van der Waals surface area contributed by atoms with Gasteiger partial charge in [-0.1, -0.05) is 0 Å². The van der Waals surface area contributed by atoms with Crippen molar-refractivity contribution in [3.8, 4) is 0 Å². The lowest BCUT2D eigenvalue weighted by Crippen LogP contribution is -2.51. The predicted molar refractivity (Wildman–Crippen MR) is 94.7 cm³/mol. The fourth-order valence-corrected chi connectivity index (χ4v) is 2.86. The first-order valence-electron chi connectivity index (χ1n) is 9.02. The number of rotatable bonds is 13. The number of hydrogen-bond acceptors (Lipinski definition) is 7. The van der Waals surface area contributed by atoms with Crippen LogP contribution in [0, 0.1) is 0 Å². The van der Waals surface area contributed by atoms with Crippen LogP contribution in [0.25, 0.3) is 0 Å². The molecule has 1 aliphatic heterocycles. The molecule has 138 valence electrons. The van der Waals surface area contributed by atoms with Gasteiger partial charge in [-0.15, -0.1) is 0 Å². The van der Waals surface area contributed by atoms with Crippen molar-refractivity contribution in [3.63, 3.8) is 0 Å². The second-order valence-corrected chi connectivity index (χ2v) is 5.97. The van der Waals surface area contributed by atoms with Gasteiger partial charge in [-0.3, -0.25) is 9.80 Å². The van der Waals surface area contributed by atoms with Crippen LogP contribution < -0.4 is 16.8 Å². The Hall–Kier alpha value is -0.280. The molecule has 0 spiro atoms. The van der Waals surface area contributed by atoms with Gasteiger partial charge < -0.3 is 26.3 Å². The molecule has 23 heavy (non-hydrogen) atoms. The molecule has 0 radical (unpaired) electrons. The Morgan fingerprint density at radius 3 is 2.04 bits per heavy atom. The molecule has 7 heteroatoms. The van der Waals surface area contributed by atoms with Crippen LogP contribution in [0.3, 0.4) is 0 Å². The van der Waals surface area contributed by atoms with E-state index in [-0.39, 0.29) is 12.2 Å². The first kappa shape index (κ1) is 20.8. The lowest BCUT2D eigenvalue weighted by Gasteiger charge is -2.36. The highest BCUT2D eigenvalue weighted by molar-refractivity contribution is 4.76. The summed E-state index contributed by atoms with van der Waals surface area (Å²) in [5.41, 5.74) is 11.4. The minimum atomic E-state index is 0.128. The molecular formula is C16H37N5O2. The van der Waals surface area contributed by atoms with E-state index in [1.54, 1.807) is 0 Å². The van der Waals surface area contributed by atoms with Crippen LogP contribution in [0.5, 0.6) is 0 Å². The molecule has 0 aromatic rings. The van der Waals surface area contributed by atoms with Crippen molar-refractivity contribution in [3.05, 3.63) is 0 Å². The van der Waals surface area contributed by atoms with Gasteiger partial charge in [0.2, 0.25) is 0 Å². The summed E-state index contributed by atoms with van der Waals surface area (Å²) in [5.74, 6) is 0. The van der Waals surface area contributed by atoms with E-state index >= 15 is 0 Å². The molecule has 0 aromatic heterocycles. The summed E-state index contributed by atoms with van der Waals surface area (Å²) in [6.07, 6.45) is 0.295. The van der Waals surface area contributed by atoms with Gasteiger partial charge in [0.1, 0.15) is 0 Å². The summed E-state index contributed by atoms with van der Waals surface area (Å²) in [5, 5.41) is 3.44. The van der Waals surface area contributed by atoms with Crippen molar-refractivity contribution in [1.82, 2.24) is 15.1 Å². The second-order valence-electron chi connectivity index (χ2n) is 5.97. The average Bonchev–Trinajstić information content (AvgIpc) is 2.58. The minimum absolute atomic E-state index is 0.128. The van der Waals surface area contributed by atoms with E-state index in [0.717, 1.165) is 65.6 Å². The second kappa shape index (κ2) is 13.1. The summed E-state index contributed by atoms with van der Waals surface area (Å²) in [6, 6.07) is 0. The first-order valence-corrected chi connectivity index (χ1v) is 9.02. The SMILES string of the molecule is CCOC(CN)CNCCN1CCN(CC(CN)OCC)CC1. The molecule has 0 amide bonds. The van der Waals surface area contributed by atoms with Crippen molar-refractivity contribution >= 4 is 0 Å². The van der Waals surface area contributed by atoms with Crippen LogP contribution in [0.1, 0.15) is 13.8 Å². The van der Waals surface area contributed by atoms with Crippen LogP contribution >= 0.6 is 0 Å². The van der Waals surface area contributed by atoms with E-state index in [1.807, 2.05) is 13.8 Å². The van der Waals surface area contributed by atoms with Gasteiger partial charge in [0, 0.05) is 78.7 Å². The fourth-order valence-electron chi connectivity index (χ4n) is 2.86. The Morgan fingerprint density at radius 1 is 0.913 bits per heavy atom. The summed E-state index contributed by atoms with van der Waals surface area (Å²) >= 11 is 0. The number of nitrogens with two attached hydrogens (primary N) is 2. The first-order chi connectivity index (χ1) is 11.2. The Kier molecular flexibility index (Phi) is 11.8. The molecule has 5 N–H and O–H groups in total. The highest BCUT2D eigenvalue weighted by Crippen LogP contribution is 2.03. The predicted octanol–water partition coefficient (Wildman–Crippen LogP) is -1.08. The fraction of sp³-hybridized carbons (Fsp3) is 1.00. The molecule has 7 nitrogen and oxygen atoms in total. The molecule has 0 aromatic carbocycles. The standard InChI is InChI=1S/C16H37N5O2/c1-3-22-15(11-17)13-19-5-6-20-7-9-21(10-8-20)14-16(12-18)23-4-2/h15-16,19H,3-14,17-18H2,1-2H3. The molecule has 1 aliphatic rings. The zero-order chi connectivity index (χ0) is 16.9. The van der Waals surface area contributed by atoms with Crippen molar-refractivity contribution in [2.45, 2.75) is 26.1 Å². The van der Waals surface area contributed by atoms with E-state index < -0.39 is 0 Å². The van der Waals surface area contributed by atoms with Crippen LogP contribution in [-0.4, -0.2) is 101 Å². The van der Waals surface area contributed by atoms with Gasteiger partial charge in [0.25, 0.3) is 0 Å². The summed E-state index contributed by atoms with van der Waals surface area (Å²) in [6.45, 7) is 14.9. The molecule has 1 saturated heterocycles. The Labute approximate surface area is 141 Å². The van der Waals surface area contributed by atoms with Crippen molar-refractivity contribution in [2.75, 3.05) is 78.7 Å². The number of hydrogen-bond donors (Lipinski definition) is 3. The van der Waals surface area contributed by atoms with E-state index in [2.05, 4.69) is 15.1 Å². The molecule has 1 rings (SSSR count).